The highest BCUT2D eigenvalue weighted by molar-refractivity contribution is 9.10. The van der Waals surface area contributed by atoms with Gasteiger partial charge in [-0.05, 0) is 40.2 Å². The molecular formula is C13H12BrFN2O. The molecule has 3 nitrogen and oxygen atoms in total. The molecule has 5 heteroatoms. The number of nitrogens with one attached hydrogen (secondary N) is 1. The van der Waals surface area contributed by atoms with Gasteiger partial charge < -0.3 is 10.1 Å². The van der Waals surface area contributed by atoms with Crippen LogP contribution in [-0.4, -0.2) is 12.0 Å². The molecule has 0 aliphatic rings. The Hall–Kier alpha value is -1.62. The fourth-order valence-electron chi connectivity index (χ4n) is 1.53. The fourth-order valence-corrected chi connectivity index (χ4v) is 1.99. The van der Waals surface area contributed by atoms with Crippen molar-refractivity contribution in [2.24, 2.45) is 0 Å². The molecule has 94 valence electrons. The lowest BCUT2D eigenvalue weighted by atomic mass is 10.2. The molecule has 1 N–H and O–H groups in total. The molecule has 0 fully saturated rings. The topological polar surface area (TPSA) is 34.2 Å². The first-order chi connectivity index (χ1) is 8.70. The monoisotopic (exact) mass is 310 g/mol. The van der Waals surface area contributed by atoms with Crippen molar-refractivity contribution in [3.05, 3.63) is 52.4 Å². The van der Waals surface area contributed by atoms with Gasteiger partial charge in [0.25, 0.3) is 0 Å². The molecule has 0 saturated heterocycles. The summed E-state index contributed by atoms with van der Waals surface area (Å²) in [5, 5.41) is 2.99. The first-order valence-electron chi connectivity index (χ1n) is 5.40. The first-order valence-corrected chi connectivity index (χ1v) is 6.19. The number of anilines is 1. The van der Waals surface area contributed by atoms with E-state index in [4.69, 9.17) is 4.74 Å². The van der Waals surface area contributed by atoms with Gasteiger partial charge in [-0.2, -0.15) is 0 Å². The van der Waals surface area contributed by atoms with Crippen LogP contribution < -0.4 is 10.1 Å². The third-order valence-electron chi connectivity index (χ3n) is 2.41. The Labute approximate surface area is 113 Å². The van der Waals surface area contributed by atoms with Gasteiger partial charge in [0.2, 0.25) is 0 Å². The van der Waals surface area contributed by atoms with Gasteiger partial charge in [-0.25, -0.2) is 9.37 Å². The molecule has 0 atom stereocenters. The van der Waals surface area contributed by atoms with Gasteiger partial charge in [0.1, 0.15) is 24.0 Å². The average Bonchev–Trinajstić information content (AvgIpc) is 2.38. The van der Waals surface area contributed by atoms with Crippen LogP contribution in [0, 0.1) is 5.82 Å². The predicted octanol–water partition coefficient (Wildman–Crippen LogP) is 3.60. The van der Waals surface area contributed by atoms with E-state index in [2.05, 4.69) is 26.2 Å². The van der Waals surface area contributed by atoms with Crippen LogP contribution in [0.15, 0.2) is 41.0 Å². The molecule has 1 heterocycles. The standard InChI is InChI=1S/C13H12BrFN2O/c1-16-13-9(3-2-6-17-13)8-18-12-5-4-10(15)7-11(12)14/h2-7H,8H2,1H3,(H,16,17). The molecule has 0 aliphatic carbocycles. The van der Waals surface area contributed by atoms with Gasteiger partial charge in [0.05, 0.1) is 4.47 Å². The van der Waals surface area contributed by atoms with Gasteiger partial charge in [-0.1, -0.05) is 6.07 Å². The lowest BCUT2D eigenvalue weighted by Crippen LogP contribution is -2.02. The zero-order valence-electron chi connectivity index (χ0n) is 9.78. The van der Waals surface area contributed by atoms with E-state index in [9.17, 15) is 4.39 Å². The van der Waals surface area contributed by atoms with Crippen molar-refractivity contribution in [3.63, 3.8) is 0 Å². The zero-order valence-corrected chi connectivity index (χ0v) is 11.4. The van der Waals surface area contributed by atoms with E-state index in [0.29, 0.717) is 16.8 Å². The second-order valence-electron chi connectivity index (χ2n) is 3.62. The van der Waals surface area contributed by atoms with E-state index in [1.54, 1.807) is 19.3 Å². The van der Waals surface area contributed by atoms with Gasteiger partial charge in [-0.3, -0.25) is 0 Å². The largest absolute Gasteiger partial charge is 0.488 e. The minimum atomic E-state index is -0.300. The van der Waals surface area contributed by atoms with Crippen LogP contribution in [0.3, 0.4) is 0 Å². The molecule has 0 amide bonds. The SMILES string of the molecule is CNc1ncccc1COc1ccc(F)cc1Br. The van der Waals surface area contributed by atoms with E-state index < -0.39 is 0 Å². The minimum Gasteiger partial charge on any atom is -0.488 e. The lowest BCUT2D eigenvalue weighted by Gasteiger charge is -2.10. The summed E-state index contributed by atoms with van der Waals surface area (Å²) in [7, 11) is 1.81. The van der Waals surface area contributed by atoms with E-state index in [-0.39, 0.29) is 5.82 Å². The van der Waals surface area contributed by atoms with Crippen molar-refractivity contribution in [1.29, 1.82) is 0 Å². The molecule has 1 aromatic carbocycles. The van der Waals surface area contributed by atoms with Crippen LogP contribution in [0.5, 0.6) is 5.75 Å². The van der Waals surface area contributed by atoms with Crippen LogP contribution in [0.2, 0.25) is 0 Å². The van der Waals surface area contributed by atoms with E-state index >= 15 is 0 Å². The van der Waals surface area contributed by atoms with Crippen molar-refractivity contribution < 1.29 is 9.13 Å². The van der Waals surface area contributed by atoms with Gasteiger partial charge in [0.15, 0.2) is 0 Å². The van der Waals surface area contributed by atoms with E-state index in [1.165, 1.54) is 12.1 Å². The number of hydrogen-bond acceptors (Lipinski definition) is 3. The predicted molar refractivity (Wildman–Crippen MR) is 72.2 cm³/mol. The van der Waals surface area contributed by atoms with Crippen molar-refractivity contribution in [2.45, 2.75) is 6.61 Å². The number of nitrogens with zero attached hydrogens (tertiary/aromatic N) is 1. The van der Waals surface area contributed by atoms with Crippen LogP contribution in [0.1, 0.15) is 5.56 Å². The summed E-state index contributed by atoms with van der Waals surface area (Å²) in [6.45, 7) is 0.369. The maximum Gasteiger partial charge on any atom is 0.134 e. The average molecular weight is 311 g/mol. The highest BCUT2D eigenvalue weighted by Crippen LogP contribution is 2.26. The number of rotatable bonds is 4. The molecule has 2 rings (SSSR count). The van der Waals surface area contributed by atoms with E-state index in [0.717, 1.165) is 11.4 Å². The summed E-state index contributed by atoms with van der Waals surface area (Å²) in [6, 6.07) is 8.10. The number of hydrogen-bond donors (Lipinski definition) is 1. The summed E-state index contributed by atoms with van der Waals surface area (Å²) >= 11 is 3.26. The number of benzene rings is 1. The number of pyridine rings is 1. The maximum atomic E-state index is 12.9. The molecule has 1 aromatic heterocycles. The molecule has 0 saturated carbocycles. The van der Waals surface area contributed by atoms with Crippen molar-refractivity contribution in [1.82, 2.24) is 4.98 Å². The van der Waals surface area contributed by atoms with E-state index in [1.807, 2.05) is 12.1 Å². The normalized spacial score (nSPS) is 10.2. The Kier molecular flexibility index (Phi) is 4.15. The lowest BCUT2D eigenvalue weighted by molar-refractivity contribution is 0.304. The van der Waals surface area contributed by atoms with Crippen LogP contribution in [-0.2, 0) is 6.61 Å². The Balaban J connectivity index is 2.11. The number of ether oxygens (including phenoxy) is 1. The van der Waals surface area contributed by atoms with Gasteiger partial charge in [-0.15, -0.1) is 0 Å². The Morgan fingerprint density at radius 3 is 2.94 bits per heavy atom. The van der Waals surface area contributed by atoms with Crippen LogP contribution in [0.25, 0.3) is 0 Å². The summed E-state index contributed by atoms with van der Waals surface area (Å²) in [6.07, 6.45) is 1.71. The van der Waals surface area contributed by atoms with Gasteiger partial charge in [0, 0.05) is 18.8 Å². The third-order valence-corrected chi connectivity index (χ3v) is 3.02. The molecule has 2 aromatic rings. The smallest absolute Gasteiger partial charge is 0.134 e. The minimum absolute atomic E-state index is 0.300. The molecule has 0 unspecified atom stereocenters. The number of aromatic nitrogens is 1. The molecule has 0 bridgehead atoms. The molecule has 18 heavy (non-hydrogen) atoms. The summed E-state index contributed by atoms with van der Waals surface area (Å²) < 4.78 is 19.1. The highest BCUT2D eigenvalue weighted by Gasteiger charge is 2.05. The second-order valence-corrected chi connectivity index (χ2v) is 4.48. The van der Waals surface area contributed by atoms with Crippen LogP contribution >= 0.6 is 15.9 Å². The number of halogens is 2. The quantitative estimate of drug-likeness (QED) is 0.937. The molecule has 0 aliphatic heterocycles. The Bertz CT molecular complexity index is 548. The Morgan fingerprint density at radius 1 is 1.39 bits per heavy atom. The molecule has 0 spiro atoms. The maximum absolute atomic E-state index is 12.9. The summed E-state index contributed by atoms with van der Waals surface area (Å²) in [5.74, 6) is 1.07. The Morgan fingerprint density at radius 2 is 2.22 bits per heavy atom. The summed E-state index contributed by atoms with van der Waals surface area (Å²) in [4.78, 5) is 4.18. The summed E-state index contributed by atoms with van der Waals surface area (Å²) in [5.41, 5.74) is 0.941. The van der Waals surface area contributed by atoms with Crippen molar-refractivity contribution in [3.8, 4) is 5.75 Å². The first kappa shape index (κ1) is 12.8. The van der Waals surface area contributed by atoms with Crippen molar-refractivity contribution >= 4 is 21.7 Å². The van der Waals surface area contributed by atoms with Crippen molar-refractivity contribution in [2.75, 3.05) is 12.4 Å². The zero-order chi connectivity index (χ0) is 13.0. The molecule has 0 radical (unpaired) electrons. The fraction of sp³-hybridized carbons (Fsp3) is 0.154. The highest BCUT2D eigenvalue weighted by atomic mass is 79.9. The van der Waals surface area contributed by atoms with Crippen LogP contribution in [0.4, 0.5) is 10.2 Å². The molecular weight excluding hydrogens is 299 g/mol. The third kappa shape index (κ3) is 2.98. The van der Waals surface area contributed by atoms with Gasteiger partial charge >= 0.3 is 0 Å². The second kappa shape index (κ2) is 5.82.